The first-order valence-electron chi connectivity index (χ1n) is 6.76. The molecule has 0 heterocycles. The Morgan fingerprint density at radius 1 is 1.32 bits per heavy atom. The van der Waals surface area contributed by atoms with Gasteiger partial charge in [-0.3, -0.25) is 10.1 Å². The molecule has 1 rings (SSSR count). The molecule has 0 bridgehead atoms. The fraction of sp³-hybridized carbons (Fsp3) is 0.533. The number of hydrogen-bond donors (Lipinski definition) is 1. The number of halogens is 1. The molecule has 3 nitrogen and oxygen atoms in total. The molecule has 0 aliphatic rings. The van der Waals surface area contributed by atoms with Crippen LogP contribution in [-0.4, -0.2) is 18.6 Å². The SMILES string of the molecule is CCCC(NC(C)C(=O)OCC)c1ccc(Cl)cc1. The maximum atomic E-state index is 11.7. The number of ether oxygens (including phenoxy) is 1. The Morgan fingerprint density at radius 2 is 1.95 bits per heavy atom. The van der Waals surface area contributed by atoms with Crippen molar-refractivity contribution in [1.82, 2.24) is 5.32 Å². The number of hydrogen-bond acceptors (Lipinski definition) is 3. The average Bonchev–Trinajstić information content (AvgIpc) is 2.39. The highest BCUT2D eigenvalue weighted by molar-refractivity contribution is 6.30. The Balaban J connectivity index is 2.72. The van der Waals surface area contributed by atoms with Gasteiger partial charge in [-0.1, -0.05) is 37.1 Å². The third kappa shape index (κ3) is 5.21. The predicted molar refractivity (Wildman–Crippen MR) is 78.3 cm³/mol. The van der Waals surface area contributed by atoms with Crippen molar-refractivity contribution in [1.29, 1.82) is 0 Å². The Bertz CT molecular complexity index is 392. The normalized spacial score (nSPS) is 13.9. The van der Waals surface area contributed by atoms with Gasteiger partial charge in [0, 0.05) is 11.1 Å². The summed E-state index contributed by atoms with van der Waals surface area (Å²) in [5.41, 5.74) is 1.14. The largest absolute Gasteiger partial charge is 0.465 e. The lowest BCUT2D eigenvalue weighted by Crippen LogP contribution is -2.38. The maximum absolute atomic E-state index is 11.7. The van der Waals surface area contributed by atoms with Crippen LogP contribution in [0.2, 0.25) is 5.02 Å². The lowest BCUT2D eigenvalue weighted by molar-refractivity contribution is -0.145. The van der Waals surface area contributed by atoms with Crippen molar-refractivity contribution in [3.63, 3.8) is 0 Å². The van der Waals surface area contributed by atoms with Gasteiger partial charge in [0.15, 0.2) is 0 Å². The molecule has 0 saturated heterocycles. The highest BCUT2D eigenvalue weighted by atomic mass is 35.5. The molecule has 0 aliphatic carbocycles. The Morgan fingerprint density at radius 3 is 2.47 bits per heavy atom. The van der Waals surface area contributed by atoms with Crippen LogP contribution in [0.25, 0.3) is 0 Å². The predicted octanol–water partition coefficient (Wildman–Crippen LogP) is 3.72. The van der Waals surface area contributed by atoms with E-state index in [1.165, 1.54) is 0 Å². The fourth-order valence-electron chi connectivity index (χ4n) is 1.97. The van der Waals surface area contributed by atoms with E-state index in [4.69, 9.17) is 16.3 Å². The van der Waals surface area contributed by atoms with E-state index in [9.17, 15) is 4.79 Å². The summed E-state index contributed by atoms with van der Waals surface area (Å²) in [6, 6.07) is 7.56. The summed E-state index contributed by atoms with van der Waals surface area (Å²) in [6.07, 6.45) is 2.00. The van der Waals surface area contributed by atoms with Gasteiger partial charge in [-0.05, 0) is 38.0 Å². The molecule has 0 saturated carbocycles. The van der Waals surface area contributed by atoms with E-state index in [0.29, 0.717) is 6.61 Å². The molecule has 106 valence electrons. The van der Waals surface area contributed by atoms with Crippen molar-refractivity contribution in [3.8, 4) is 0 Å². The van der Waals surface area contributed by atoms with Gasteiger partial charge in [0.2, 0.25) is 0 Å². The van der Waals surface area contributed by atoms with Gasteiger partial charge in [-0.2, -0.15) is 0 Å². The van der Waals surface area contributed by atoms with E-state index in [1.54, 1.807) is 0 Å². The first kappa shape index (κ1) is 16.0. The van der Waals surface area contributed by atoms with Crippen molar-refractivity contribution in [2.75, 3.05) is 6.61 Å². The van der Waals surface area contributed by atoms with Crippen molar-refractivity contribution in [2.45, 2.75) is 45.7 Å². The van der Waals surface area contributed by atoms with E-state index >= 15 is 0 Å². The molecule has 0 aromatic heterocycles. The minimum absolute atomic E-state index is 0.140. The van der Waals surface area contributed by atoms with Crippen LogP contribution < -0.4 is 5.32 Å². The Kier molecular flexibility index (Phi) is 6.89. The van der Waals surface area contributed by atoms with Gasteiger partial charge in [0.05, 0.1) is 6.61 Å². The van der Waals surface area contributed by atoms with Crippen LogP contribution >= 0.6 is 11.6 Å². The van der Waals surface area contributed by atoms with Crippen molar-refractivity contribution in [3.05, 3.63) is 34.9 Å². The second-order valence-corrected chi connectivity index (χ2v) is 4.97. The van der Waals surface area contributed by atoms with Gasteiger partial charge in [-0.15, -0.1) is 0 Å². The average molecular weight is 284 g/mol. The third-order valence-electron chi connectivity index (χ3n) is 2.94. The molecule has 0 fully saturated rings. The Labute approximate surface area is 120 Å². The lowest BCUT2D eigenvalue weighted by atomic mass is 10.0. The van der Waals surface area contributed by atoms with E-state index in [-0.39, 0.29) is 18.1 Å². The minimum atomic E-state index is -0.313. The fourth-order valence-corrected chi connectivity index (χ4v) is 2.09. The summed E-state index contributed by atoms with van der Waals surface area (Å²) in [7, 11) is 0. The zero-order valence-corrected chi connectivity index (χ0v) is 12.5. The van der Waals surface area contributed by atoms with Crippen LogP contribution in [0.15, 0.2) is 24.3 Å². The van der Waals surface area contributed by atoms with Crippen LogP contribution in [0, 0.1) is 0 Å². The van der Waals surface area contributed by atoms with Crippen LogP contribution in [0.1, 0.15) is 45.2 Å². The topological polar surface area (TPSA) is 38.3 Å². The quantitative estimate of drug-likeness (QED) is 0.775. The third-order valence-corrected chi connectivity index (χ3v) is 3.19. The maximum Gasteiger partial charge on any atom is 0.322 e. The van der Waals surface area contributed by atoms with Gasteiger partial charge in [0.1, 0.15) is 6.04 Å². The number of esters is 1. The molecular formula is C15H22ClNO2. The van der Waals surface area contributed by atoms with Crippen LogP contribution in [0.4, 0.5) is 0 Å². The number of rotatable bonds is 7. The number of nitrogens with one attached hydrogen (secondary N) is 1. The number of carbonyl (C=O) groups excluding carboxylic acids is 1. The number of benzene rings is 1. The molecule has 2 unspecified atom stereocenters. The molecule has 0 aliphatic heterocycles. The zero-order chi connectivity index (χ0) is 14.3. The van der Waals surface area contributed by atoms with E-state index in [0.717, 1.165) is 23.4 Å². The summed E-state index contributed by atoms with van der Waals surface area (Å²) in [6.45, 7) is 6.17. The molecule has 0 radical (unpaired) electrons. The van der Waals surface area contributed by atoms with Crippen LogP contribution in [-0.2, 0) is 9.53 Å². The van der Waals surface area contributed by atoms with Gasteiger partial charge < -0.3 is 4.74 Å². The standard InChI is InChI=1S/C15H22ClNO2/c1-4-6-14(12-7-9-13(16)10-8-12)17-11(3)15(18)19-5-2/h7-11,14,17H,4-6H2,1-3H3. The van der Waals surface area contributed by atoms with Gasteiger partial charge in [0.25, 0.3) is 0 Å². The first-order chi connectivity index (χ1) is 9.08. The number of carbonyl (C=O) groups is 1. The monoisotopic (exact) mass is 283 g/mol. The van der Waals surface area contributed by atoms with Crippen LogP contribution in [0.3, 0.4) is 0 Å². The first-order valence-corrected chi connectivity index (χ1v) is 7.14. The molecule has 1 aromatic rings. The Hall–Kier alpha value is -1.06. The van der Waals surface area contributed by atoms with E-state index in [1.807, 2.05) is 38.1 Å². The summed E-state index contributed by atoms with van der Waals surface area (Å²) >= 11 is 5.90. The smallest absolute Gasteiger partial charge is 0.322 e. The molecular weight excluding hydrogens is 262 g/mol. The molecule has 19 heavy (non-hydrogen) atoms. The molecule has 1 aromatic carbocycles. The van der Waals surface area contributed by atoms with Crippen molar-refractivity contribution >= 4 is 17.6 Å². The highest BCUT2D eigenvalue weighted by Gasteiger charge is 2.19. The summed E-state index contributed by atoms with van der Waals surface area (Å²) in [4.78, 5) is 11.7. The highest BCUT2D eigenvalue weighted by Crippen LogP contribution is 2.21. The molecule has 4 heteroatoms. The molecule has 0 spiro atoms. The molecule has 0 amide bonds. The minimum Gasteiger partial charge on any atom is -0.465 e. The van der Waals surface area contributed by atoms with E-state index in [2.05, 4.69) is 12.2 Å². The zero-order valence-electron chi connectivity index (χ0n) is 11.8. The van der Waals surface area contributed by atoms with Crippen LogP contribution in [0.5, 0.6) is 0 Å². The molecule has 2 atom stereocenters. The molecule has 1 N–H and O–H groups in total. The second-order valence-electron chi connectivity index (χ2n) is 4.53. The van der Waals surface area contributed by atoms with E-state index < -0.39 is 0 Å². The van der Waals surface area contributed by atoms with Gasteiger partial charge in [-0.25, -0.2) is 0 Å². The summed E-state index contributed by atoms with van der Waals surface area (Å²) in [5, 5.41) is 4.04. The summed E-state index contributed by atoms with van der Waals surface area (Å²) in [5.74, 6) is -0.211. The second kappa shape index (κ2) is 8.18. The van der Waals surface area contributed by atoms with Crippen molar-refractivity contribution in [2.24, 2.45) is 0 Å². The van der Waals surface area contributed by atoms with Crippen molar-refractivity contribution < 1.29 is 9.53 Å². The summed E-state index contributed by atoms with van der Waals surface area (Å²) < 4.78 is 5.02. The van der Waals surface area contributed by atoms with Gasteiger partial charge >= 0.3 is 5.97 Å². The lowest BCUT2D eigenvalue weighted by Gasteiger charge is -2.22.